The first-order valence-corrected chi connectivity index (χ1v) is 7.76. The van der Waals surface area contributed by atoms with Gasteiger partial charge in [-0.25, -0.2) is 0 Å². The largest absolute Gasteiger partial charge is 0.469 e. The van der Waals surface area contributed by atoms with Crippen LogP contribution in [0, 0.1) is 23.2 Å². The molecule has 0 amide bonds. The molecule has 1 atom stereocenters. The van der Waals surface area contributed by atoms with Crippen LogP contribution in [0.3, 0.4) is 0 Å². The molecule has 1 aromatic rings. The Labute approximate surface area is 114 Å². The maximum absolute atomic E-state index is 5.92. The van der Waals surface area contributed by atoms with Crippen molar-refractivity contribution in [3.05, 3.63) is 24.2 Å². The zero-order chi connectivity index (χ0) is 12.9. The van der Waals surface area contributed by atoms with Crippen molar-refractivity contribution in [3.63, 3.8) is 0 Å². The van der Waals surface area contributed by atoms with Crippen LogP contribution in [0.5, 0.6) is 0 Å². The van der Waals surface area contributed by atoms with Crippen LogP contribution in [-0.2, 0) is 6.42 Å². The zero-order valence-corrected chi connectivity index (χ0v) is 11.5. The highest BCUT2D eigenvalue weighted by Crippen LogP contribution is 2.61. The Bertz CT molecular complexity index is 404. The molecule has 0 radical (unpaired) electrons. The molecule has 1 aromatic heterocycles. The van der Waals surface area contributed by atoms with Gasteiger partial charge in [0.1, 0.15) is 5.76 Å². The fourth-order valence-electron chi connectivity index (χ4n) is 5.69. The van der Waals surface area contributed by atoms with Crippen LogP contribution in [0.25, 0.3) is 0 Å². The summed E-state index contributed by atoms with van der Waals surface area (Å²) in [5.74, 6) is 9.90. The molecule has 1 heterocycles. The van der Waals surface area contributed by atoms with Crippen molar-refractivity contribution in [2.75, 3.05) is 0 Å². The van der Waals surface area contributed by atoms with Gasteiger partial charge in [-0.15, -0.1) is 0 Å². The highest BCUT2D eigenvalue weighted by atomic mass is 16.3. The zero-order valence-electron chi connectivity index (χ0n) is 11.5. The third-order valence-electron chi connectivity index (χ3n) is 6.01. The average molecular weight is 260 g/mol. The standard InChI is InChI=1S/C16H24N2O/c17-18-15(7-14-2-1-3-19-14)16-8-11-4-12(9-16)6-13(5-11)10-16/h1-3,11-13,15,18H,4-10,17H2. The van der Waals surface area contributed by atoms with E-state index in [-0.39, 0.29) is 0 Å². The molecule has 104 valence electrons. The minimum atomic E-state index is 0.382. The van der Waals surface area contributed by atoms with Gasteiger partial charge in [0.15, 0.2) is 0 Å². The molecule has 3 nitrogen and oxygen atoms in total. The SMILES string of the molecule is NNC(Cc1ccco1)C12CC3CC(CC(C3)C1)C2. The van der Waals surface area contributed by atoms with Crippen LogP contribution < -0.4 is 11.3 Å². The Hall–Kier alpha value is -0.800. The Balaban J connectivity index is 1.58. The van der Waals surface area contributed by atoms with Crippen LogP contribution in [-0.4, -0.2) is 6.04 Å². The molecule has 4 fully saturated rings. The first-order valence-electron chi connectivity index (χ1n) is 7.76. The first kappa shape index (κ1) is 12.0. The summed E-state index contributed by atoms with van der Waals surface area (Å²) in [6.45, 7) is 0. The molecular formula is C16H24N2O. The van der Waals surface area contributed by atoms with Gasteiger partial charge in [0.2, 0.25) is 0 Å². The quantitative estimate of drug-likeness (QED) is 0.646. The molecule has 4 bridgehead atoms. The number of furan rings is 1. The number of nitrogens with two attached hydrogens (primary N) is 1. The van der Waals surface area contributed by atoms with Gasteiger partial charge in [0.05, 0.1) is 6.26 Å². The summed E-state index contributed by atoms with van der Waals surface area (Å²) >= 11 is 0. The van der Waals surface area contributed by atoms with E-state index < -0.39 is 0 Å². The summed E-state index contributed by atoms with van der Waals surface area (Å²) in [4.78, 5) is 0. The van der Waals surface area contributed by atoms with E-state index in [9.17, 15) is 0 Å². The Kier molecular flexibility index (Phi) is 2.75. The second-order valence-electron chi connectivity index (χ2n) is 7.28. The molecular weight excluding hydrogens is 236 g/mol. The number of hydrogen-bond acceptors (Lipinski definition) is 3. The van der Waals surface area contributed by atoms with Crippen molar-refractivity contribution < 1.29 is 4.42 Å². The summed E-state index contributed by atoms with van der Waals surface area (Å²) in [5.41, 5.74) is 3.58. The van der Waals surface area contributed by atoms with E-state index in [0.717, 1.165) is 29.9 Å². The second kappa shape index (κ2) is 4.35. The summed E-state index contributed by atoms with van der Waals surface area (Å²) in [7, 11) is 0. The van der Waals surface area contributed by atoms with E-state index in [2.05, 4.69) is 11.5 Å². The van der Waals surface area contributed by atoms with Crippen molar-refractivity contribution in [2.45, 2.75) is 51.0 Å². The molecule has 5 rings (SSSR count). The first-order chi connectivity index (χ1) is 9.27. The van der Waals surface area contributed by atoms with E-state index in [1.54, 1.807) is 6.26 Å². The monoisotopic (exact) mass is 260 g/mol. The van der Waals surface area contributed by atoms with Crippen LogP contribution in [0.1, 0.15) is 44.3 Å². The lowest BCUT2D eigenvalue weighted by atomic mass is 9.47. The van der Waals surface area contributed by atoms with E-state index in [0.29, 0.717) is 11.5 Å². The Morgan fingerprint density at radius 3 is 2.32 bits per heavy atom. The van der Waals surface area contributed by atoms with Gasteiger partial charge in [-0.1, -0.05) is 0 Å². The predicted molar refractivity (Wildman–Crippen MR) is 74.1 cm³/mol. The van der Waals surface area contributed by atoms with Gasteiger partial charge >= 0.3 is 0 Å². The number of nitrogens with one attached hydrogen (secondary N) is 1. The lowest BCUT2D eigenvalue weighted by Crippen LogP contribution is -2.58. The van der Waals surface area contributed by atoms with E-state index in [4.69, 9.17) is 10.3 Å². The lowest BCUT2D eigenvalue weighted by molar-refractivity contribution is -0.0744. The molecule has 19 heavy (non-hydrogen) atoms. The van der Waals surface area contributed by atoms with Gasteiger partial charge in [-0.05, 0) is 73.8 Å². The normalized spacial score (nSPS) is 41.6. The van der Waals surface area contributed by atoms with Crippen LogP contribution in [0.15, 0.2) is 22.8 Å². The second-order valence-corrected chi connectivity index (χ2v) is 7.28. The number of hydrazine groups is 1. The van der Waals surface area contributed by atoms with Gasteiger partial charge in [-0.2, -0.15) is 0 Å². The summed E-state index contributed by atoms with van der Waals surface area (Å²) in [5, 5.41) is 0. The molecule has 3 N–H and O–H groups in total. The number of rotatable bonds is 4. The molecule has 0 aliphatic heterocycles. The lowest BCUT2D eigenvalue weighted by Gasteiger charge is -2.59. The minimum Gasteiger partial charge on any atom is -0.469 e. The van der Waals surface area contributed by atoms with E-state index in [1.165, 1.54) is 38.5 Å². The topological polar surface area (TPSA) is 51.2 Å². The summed E-state index contributed by atoms with van der Waals surface area (Å²) < 4.78 is 5.53. The highest BCUT2D eigenvalue weighted by molar-refractivity contribution is 5.09. The van der Waals surface area contributed by atoms with Crippen molar-refractivity contribution in [2.24, 2.45) is 29.0 Å². The van der Waals surface area contributed by atoms with Crippen molar-refractivity contribution >= 4 is 0 Å². The van der Waals surface area contributed by atoms with Gasteiger partial charge < -0.3 is 4.42 Å². The molecule has 4 saturated carbocycles. The summed E-state index contributed by atoms with van der Waals surface area (Å²) in [6.07, 6.45) is 11.3. The van der Waals surface area contributed by atoms with Gasteiger partial charge in [0, 0.05) is 12.5 Å². The Morgan fingerprint density at radius 1 is 1.21 bits per heavy atom. The Morgan fingerprint density at radius 2 is 1.84 bits per heavy atom. The van der Waals surface area contributed by atoms with Crippen molar-refractivity contribution in [1.82, 2.24) is 5.43 Å². The molecule has 3 heteroatoms. The fourth-order valence-corrected chi connectivity index (χ4v) is 5.69. The fraction of sp³-hybridized carbons (Fsp3) is 0.750. The molecule has 0 aromatic carbocycles. The van der Waals surface area contributed by atoms with Crippen LogP contribution in [0.2, 0.25) is 0 Å². The molecule has 4 aliphatic carbocycles. The van der Waals surface area contributed by atoms with E-state index in [1.807, 2.05) is 6.07 Å². The molecule has 0 spiro atoms. The van der Waals surface area contributed by atoms with Gasteiger partial charge in [-0.3, -0.25) is 11.3 Å². The van der Waals surface area contributed by atoms with Crippen LogP contribution in [0.4, 0.5) is 0 Å². The maximum Gasteiger partial charge on any atom is 0.105 e. The molecule has 4 aliphatic rings. The van der Waals surface area contributed by atoms with Crippen molar-refractivity contribution in [3.8, 4) is 0 Å². The predicted octanol–water partition coefficient (Wildman–Crippen LogP) is 2.87. The molecule has 0 saturated heterocycles. The molecule has 1 unspecified atom stereocenters. The number of hydrogen-bond donors (Lipinski definition) is 2. The van der Waals surface area contributed by atoms with E-state index >= 15 is 0 Å². The third-order valence-corrected chi connectivity index (χ3v) is 6.01. The van der Waals surface area contributed by atoms with Gasteiger partial charge in [0.25, 0.3) is 0 Å². The highest BCUT2D eigenvalue weighted by Gasteiger charge is 2.54. The minimum absolute atomic E-state index is 0.382. The van der Waals surface area contributed by atoms with Crippen molar-refractivity contribution in [1.29, 1.82) is 0 Å². The van der Waals surface area contributed by atoms with Crippen LogP contribution >= 0.6 is 0 Å². The summed E-state index contributed by atoms with van der Waals surface area (Å²) in [6, 6.07) is 4.43. The smallest absolute Gasteiger partial charge is 0.105 e. The maximum atomic E-state index is 5.92. The average Bonchev–Trinajstić information content (AvgIpc) is 2.87. The third kappa shape index (κ3) is 1.95.